The van der Waals surface area contributed by atoms with Crippen molar-refractivity contribution < 1.29 is 18.1 Å². The van der Waals surface area contributed by atoms with Gasteiger partial charge in [-0.3, -0.25) is 0 Å². The summed E-state index contributed by atoms with van der Waals surface area (Å²) in [6, 6.07) is 22.4. The van der Waals surface area contributed by atoms with Gasteiger partial charge in [0.05, 0.1) is 0 Å². The van der Waals surface area contributed by atoms with E-state index in [1.165, 1.54) is 6.20 Å². The second-order valence-electron chi connectivity index (χ2n) is 4.52. The molecule has 5 nitrogen and oxygen atoms in total. The Morgan fingerprint density at radius 3 is 1.65 bits per heavy atom. The largest absolute Gasteiger partial charge is 0.648 e. The smallest absolute Gasteiger partial charge is 0.386 e. The number of phosphoric ester groups is 1. The van der Waals surface area contributed by atoms with Crippen molar-refractivity contribution in [1.82, 2.24) is 4.98 Å². The first-order valence-corrected chi connectivity index (χ1v) is 8.40. The molecule has 116 valence electrons. The van der Waals surface area contributed by atoms with Crippen molar-refractivity contribution in [3.8, 4) is 17.4 Å². The van der Waals surface area contributed by atoms with Crippen LogP contribution in [0.2, 0.25) is 0 Å². The SMILES string of the molecule is O=P(Oc1ccccc1)(Oc1ccccc1)Oc1ccccn1. The topological polar surface area (TPSA) is 57.7 Å². The highest BCUT2D eigenvalue weighted by Crippen LogP contribution is 2.49. The summed E-state index contributed by atoms with van der Waals surface area (Å²) in [4.78, 5) is 3.99. The lowest BCUT2D eigenvalue weighted by atomic mass is 10.3. The van der Waals surface area contributed by atoms with E-state index in [9.17, 15) is 4.57 Å². The molecule has 0 atom stereocenters. The van der Waals surface area contributed by atoms with E-state index in [4.69, 9.17) is 13.6 Å². The van der Waals surface area contributed by atoms with E-state index in [0.717, 1.165) is 0 Å². The van der Waals surface area contributed by atoms with Crippen LogP contribution in [0, 0.1) is 0 Å². The quantitative estimate of drug-likeness (QED) is 0.613. The third-order valence-corrected chi connectivity index (χ3v) is 4.04. The maximum atomic E-state index is 13.0. The third-order valence-electron chi connectivity index (χ3n) is 2.76. The van der Waals surface area contributed by atoms with Crippen LogP contribution in [0.3, 0.4) is 0 Å². The van der Waals surface area contributed by atoms with Gasteiger partial charge in [-0.2, -0.15) is 4.57 Å². The maximum Gasteiger partial charge on any atom is 0.648 e. The highest BCUT2D eigenvalue weighted by atomic mass is 31.2. The molecular weight excluding hydrogens is 313 g/mol. The van der Waals surface area contributed by atoms with Crippen LogP contribution >= 0.6 is 7.82 Å². The van der Waals surface area contributed by atoms with Gasteiger partial charge in [-0.25, -0.2) is 4.98 Å². The Balaban J connectivity index is 1.87. The molecule has 0 aliphatic heterocycles. The van der Waals surface area contributed by atoms with Crippen LogP contribution in [0.1, 0.15) is 0 Å². The van der Waals surface area contributed by atoms with Crippen LogP contribution < -0.4 is 13.6 Å². The van der Waals surface area contributed by atoms with E-state index >= 15 is 0 Å². The average Bonchev–Trinajstić information content (AvgIpc) is 2.57. The van der Waals surface area contributed by atoms with Crippen molar-refractivity contribution in [1.29, 1.82) is 0 Å². The van der Waals surface area contributed by atoms with Gasteiger partial charge in [-0.15, -0.1) is 0 Å². The summed E-state index contributed by atoms with van der Waals surface area (Å²) in [5, 5.41) is 0. The first kappa shape index (κ1) is 15.1. The number of pyridine rings is 1. The van der Waals surface area contributed by atoms with E-state index < -0.39 is 7.82 Å². The zero-order valence-corrected chi connectivity index (χ0v) is 13.0. The molecule has 0 fully saturated rings. The second kappa shape index (κ2) is 6.99. The average molecular weight is 327 g/mol. The molecule has 1 heterocycles. The summed E-state index contributed by atoms with van der Waals surface area (Å²) in [5.74, 6) is 0.910. The predicted molar refractivity (Wildman–Crippen MR) is 86.6 cm³/mol. The summed E-state index contributed by atoms with van der Waals surface area (Å²) in [6.45, 7) is 0. The van der Waals surface area contributed by atoms with Crippen LogP contribution in [-0.2, 0) is 4.57 Å². The Morgan fingerprint density at radius 2 is 1.17 bits per heavy atom. The molecule has 1 aromatic heterocycles. The molecule has 0 saturated heterocycles. The van der Waals surface area contributed by atoms with Crippen LogP contribution in [0.4, 0.5) is 0 Å². The minimum atomic E-state index is -3.95. The van der Waals surface area contributed by atoms with Gasteiger partial charge in [0.2, 0.25) is 5.88 Å². The fourth-order valence-electron chi connectivity index (χ4n) is 1.79. The van der Waals surface area contributed by atoms with Crippen LogP contribution in [0.25, 0.3) is 0 Å². The van der Waals surface area contributed by atoms with Gasteiger partial charge in [0.1, 0.15) is 11.5 Å². The molecule has 0 radical (unpaired) electrons. The molecule has 6 heteroatoms. The second-order valence-corrected chi connectivity index (χ2v) is 5.96. The zero-order valence-electron chi connectivity index (χ0n) is 12.1. The summed E-state index contributed by atoms with van der Waals surface area (Å²) in [7, 11) is -3.95. The predicted octanol–water partition coefficient (Wildman–Crippen LogP) is 4.73. The molecule has 0 spiro atoms. The Labute approximate surface area is 134 Å². The molecule has 0 aliphatic carbocycles. The standard InChI is InChI=1S/C17H14NO4P/c19-23(20-15-9-3-1-4-10-15,21-16-11-5-2-6-12-16)22-17-13-7-8-14-18-17/h1-14H. The van der Waals surface area contributed by atoms with Crippen LogP contribution in [0.5, 0.6) is 17.4 Å². The molecule has 0 unspecified atom stereocenters. The number of rotatable bonds is 6. The van der Waals surface area contributed by atoms with Crippen molar-refractivity contribution in [3.63, 3.8) is 0 Å². The number of hydrogen-bond donors (Lipinski definition) is 0. The summed E-state index contributed by atoms with van der Waals surface area (Å²) < 4.78 is 29.4. The van der Waals surface area contributed by atoms with E-state index in [0.29, 0.717) is 11.5 Å². The molecule has 3 aromatic rings. The molecule has 23 heavy (non-hydrogen) atoms. The van der Waals surface area contributed by atoms with Gasteiger partial charge < -0.3 is 13.6 Å². The molecular formula is C17H14NO4P. The van der Waals surface area contributed by atoms with Crippen molar-refractivity contribution >= 4 is 7.82 Å². The molecule has 0 aliphatic rings. The summed E-state index contributed by atoms with van der Waals surface area (Å²) >= 11 is 0. The van der Waals surface area contributed by atoms with E-state index in [1.54, 1.807) is 66.7 Å². The zero-order chi connectivity index (χ0) is 16.0. The van der Waals surface area contributed by atoms with Crippen LogP contribution in [0.15, 0.2) is 85.1 Å². The number of nitrogens with zero attached hydrogens (tertiary/aromatic N) is 1. The minimum absolute atomic E-state index is 0.155. The minimum Gasteiger partial charge on any atom is -0.386 e. The molecule has 0 bridgehead atoms. The lowest BCUT2D eigenvalue weighted by molar-refractivity contribution is 0.294. The van der Waals surface area contributed by atoms with Gasteiger partial charge in [-0.1, -0.05) is 42.5 Å². The van der Waals surface area contributed by atoms with Gasteiger partial charge in [-0.05, 0) is 30.3 Å². The molecule has 0 N–H and O–H groups in total. The highest BCUT2D eigenvalue weighted by molar-refractivity contribution is 7.49. The third kappa shape index (κ3) is 4.34. The lowest BCUT2D eigenvalue weighted by Crippen LogP contribution is -2.08. The normalized spacial score (nSPS) is 10.8. The number of aromatic nitrogens is 1. The summed E-state index contributed by atoms with van der Waals surface area (Å²) in [6.07, 6.45) is 1.53. The van der Waals surface area contributed by atoms with E-state index in [-0.39, 0.29) is 5.88 Å². The number of benzene rings is 2. The Morgan fingerprint density at radius 1 is 0.652 bits per heavy atom. The van der Waals surface area contributed by atoms with Gasteiger partial charge >= 0.3 is 7.82 Å². The molecule has 2 aromatic carbocycles. The van der Waals surface area contributed by atoms with Crippen molar-refractivity contribution in [2.45, 2.75) is 0 Å². The first-order chi connectivity index (χ1) is 11.2. The van der Waals surface area contributed by atoms with Gasteiger partial charge in [0, 0.05) is 12.3 Å². The van der Waals surface area contributed by atoms with Crippen molar-refractivity contribution in [2.75, 3.05) is 0 Å². The van der Waals surface area contributed by atoms with Gasteiger partial charge in [0.15, 0.2) is 0 Å². The van der Waals surface area contributed by atoms with Gasteiger partial charge in [0.25, 0.3) is 0 Å². The summed E-state index contributed by atoms with van der Waals surface area (Å²) in [5.41, 5.74) is 0. The van der Waals surface area contributed by atoms with Crippen molar-refractivity contribution in [3.05, 3.63) is 85.1 Å². The lowest BCUT2D eigenvalue weighted by Gasteiger charge is -2.18. The Bertz CT molecular complexity index is 673. The molecule has 3 rings (SSSR count). The maximum absolute atomic E-state index is 13.0. The fraction of sp³-hybridized carbons (Fsp3) is 0. The van der Waals surface area contributed by atoms with E-state index in [2.05, 4.69) is 4.98 Å². The molecule has 0 amide bonds. The monoisotopic (exact) mass is 327 g/mol. The first-order valence-electron chi connectivity index (χ1n) is 6.93. The van der Waals surface area contributed by atoms with Crippen molar-refractivity contribution in [2.24, 2.45) is 0 Å². The Kier molecular flexibility index (Phi) is 4.60. The van der Waals surface area contributed by atoms with Crippen LogP contribution in [-0.4, -0.2) is 4.98 Å². The Hall–Kier alpha value is -2.78. The number of phosphoric acid groups is 1. The molecule has 0 saturated carbocycles. The number of para-hydroxylation sites is 2. The fourth-order valence-corrected chi connectivity index (χ4v) is 3.00. The highest BCUT2D eigenvalue weighted by Gasteiger charge is 2.33. The number of hydrogen-bond acceptors (Lipinski definition) is 5. The van der Waals surface area contributed by atoms with E-state index in [1.807, 2.05) is 12.1 Å².